The number of urea groups is 1. The van der Waals surface area contributed by atoms with Crippen LogP contribution in [0, 0.1) is 0 Å². The normalized spacial score (nSPS) is 23.0. The van der Waals surface area contributed by atoms with E-state index in [0.717, 1.165) is 12.8 Å². The van der Waals surface area contributed by atoms with Crippen LogP contribution in [0.3, 0.4) is 0 Å². The minimum Gasteiger partial charge on any atom is -0.335 e. The molecule has 2 N–H and O–H groups in total. The molecule has 3 amide bonds. The number of carbonyl (C=O) groups is 2. The van der Waals surface area contributed by atoms with Gasteiger partial charge < -0.3 is 5.32 Å². The van der Waals surface area contributed by atoms with Crippen LogP contribution < -0.4 is 10.6 Å². The molecule has 1 aliphatic rings. The average Bonchev–Trinajstić information content (AvgIpc) is 2.24. The molecule has 2 rings (SSSR count). The lowest BCUT2D eigenvalue weighted by Gasteiger charge is -2.35. The molecule has 0 heterocycles. The van der Waals surface area contributed by atoms with Gasteiger partial charge >= 0.3 is 6.03 Å². The molecule has 84 valence electrons. The van der Waals surface area contributed by atoms with E-state index in [1.54, 1.807) is 0 Å². The number of hydrogen-bond acceptors (Lipinski definition) is 2. The molecule has 0 radical (unpaired) electrons. The molecule has 0 aromatic heterocycles. The largest absolute Gasteiger partial charge is 0.335 e. The molecule has 4 nitrogen and oxygen atoms in total. The minimum atomic E-state index is -0.411. The molecule has 0 atom stereocenters. The van der Waals surface area contributed by atoms with Crippen molar-refractivity contribution < 1.29 is 9.59 Å². The fourth-order valence-electron chi connectivity index (χ4n) is 2.01. The van der Waals surface area contributed by atoms with E-state index in [-0.39, 0.29) is 6.04 Å². The average molecular weight is 218 g/mol. The number of imide groups is 1. The zero-order valence-corrected chi connectivity index (χ0v) is 8.85. The van der Waals surface area contributed by atoms with Gasteiger partial charge in [0.05, 0.1) is 0 Å². The molecule has 0 aliphatic heterocycles. The Bertz CT molecular complexity index is 372. The Balaban J connectivity index is 1.78. The first-order chi connectivity index (χ1) is 7.79. The third kappa shape index (κ3) is 2.39. The maximum Gasteiger partial charge on any atom is 0.321 e. The van der Waals surface area contributed by atoms with Crippen molar-refractivity contribution in [3.8, 4) is 0 Å². The first kappa shape index (κ1) is 10.7. The highest BCUT2D eigenvalue weighted by Crippen LogP contribution is 2.36. The van der Waals surface area contributed by atoms with E-state index in [1.807, 2.05) is 18.2 Å². The summed E-state index contributed by atoms with van der Waals surface area (Å²) in [6, 6.07) is 10.0. The fourth-order valence-corrected chi connectivity index (χ4v) is 2.01. The van der Waals surface area contributed by atoms with Crippen LogP contribution in [-0.4, -0.2) is 18.5 Å². The van der Waals surface area contributed by atoms with Crippen molar-refractivity contribution >= 4 is 12.4 Å². The van der Waals surface area contributed by atoms with E-state index >= 15 is 0 Å². The third-order valence-corrected chi connectivity index (χ3v) is 2.93. The van der Waals surface area contributed by atoms with Crippen molar-refractivity contribution in [3.63, 3.8) is 0 Å². The van der Waals surface area contributed by atoms with Crippen LogP contribution in [0.5, 0.6) is 0 Å². The molecule has 1 aromatic rings. The van der Waals surface area contributed by atoms with Gasteiger partial charge in [0.1, 0.15) is 0 Å². The summed E-state index contributed by atoms with van der Waals surface area (Å²) in [4.78, 5) is 21.1. The van der Waals surface area contributed by atoms with Gasteiger partial charge in [-0.3, -0.25) is 10.1 Å². The van der Waals surface area contributed by atoms with Gasteiger partial charge in [0.15, 0.2) is 0 Å². The highest BCUT2D eigenvalue weighted by Gasteiger charge is 2.30. The van der Waals surface area contributed by atoms with Crippen LogP contribution in [0.15, 0.2) is 30.3 Å². The summed E-state index contributed by atoms with van der Waals surface area (Å²) in [5.41, 5.74) is 1.32. The zero-order chi connectivity index (χ0) is 11.4. The molecule has 0 saturated heterocycles. The zero-order valence-electron chi connectivity index (χ0n) is 8.85. The van der Waals surface area contributed by atoms with Crippen molar-refractivity contribution in [3.05, 3.63) is 35.9 Å². The highest BCUT2D eigenvalue weighted by molar-refractivity contribution is 5.84. The summed E-state index contributed by atoms with van der Waals surface area (Å²) in [6.07, 6.45) is 2.27. The van der Waals surface area contributed by atoms with E-state index in [9.17, 15) is 9.59 Å². The minimum absolute atomic E-state index is 0.185. The second-order valence-corrected chi connectivity index (χ2v) is 4.01. The van der Waals surface area contributed by atoms with E-state index < -0.39 is 6.03 Å². The summed E-state index contributed by atoms with van der Waals surface area (Å²) in [6.45, 7) is 0. The second-order valence-electron chi connectivity index (χ2n) is 4.01. The highest BCUT2D eigenvalue weighted by atomic mass is 16.2. The summed E-state index contributed by atoms with van der Waals surface area (Å²) >= 11 is 0. The van der Waals surface area contributed by atoms with E-state index in [0.29, 0.717) is 12.3 Å². The van der Waals surface area contributed by atoms with Gasteiger partial charge in [0.25, 0.3) is 0 Å². The predicted octanol–water partition coefficient (Wildman–Crippen LogP) is 1.39. The molecule has 1 aromatic carbocycles. The van der Waals surface area contributed by atoms with Gasteiger partial charge in [-0.05, 0) is 24.3 Å². The first-order valence-electron chi connectivity index (χ1n) is 5.35. The number of rotatable bonds is 3. The summed E-state index contributed by atoms with van der Waals surface area (Å²) < 4.78 is 0. The van der Waals surface area contributed by atoms with Crippen molar-refractivity contribution in [2.45, 2.75) is 24.8 Å². The van der Waals surface area contributed by atoms with Crippen molar-refractivity contribution in [1.82, 2.24) is 10.6 Å². The van der Waals surface area contributed by atoms with Crippen LogP contribution >= 0.6 is 0 Å². The van der Waals surface area contributed by atoms with Gasteiger partial charge in [-0.25, -0.2) is 4.79 Å². The number of hydrogen-bond donors (Lipinski definition) is 2. The van der Waals surface area contributed by atoms with Gasteiger partial charge in [-0.1, -0.05) is 30.3 Å². The summed E-state index contributed by atoms with van der Waals surface area (Å²) in [5, 5.41) is 4.80. The molecule has 1 fully saturated rings. The Labute approximate surface area is 94.0 Å². The molecular formula is C12H14N2O2. The Morgan fingerprint density at radius 1 is 1.25 bits per heavy atom. The number of amides is 3. The Morgan fingerprint density at radius 2 is 1.94 bits per heavy atom. The number of benzene rings is 1. The van der Waals surface area contributed by atoms with Crippen LogP contribution in [0.4, 0.5) is 4.79 Å². The van der Waals surface area contributed by atoms with Crippen LogP contribution in [0.25, 0.3) is 0 Å². The Kier molecular flexibility index (Phi) is 3.19. The van der Waals surface area contributed by atoms with Crippen molar-refractivity contribution in [2.24, 2.45) is 0 Å². The van der Waals surface area contributed by atoms with Gasteiger partial charge in [0, 0.05) is 6.04 Å². The number of carbonyl (C=O) groups excluding carboxylic acids is 2. The standard InChI is InChI=1S/C12H14N2O2/c15-8-13-12(16)14-11-6-10(7-11)9-4-2-1-3-5-9/h1-5,8,10-11H,6-7H2,(H2,13,14,15,16). The maximum absolute atomic E-state index is 11.0. The molecular weight excluding hydrogens is 204 g/mol. The lowest BCUT2D eigenvalue weighted by molar-refractivity contribution is -0.108. The molecule has 16 heavy (non-hydrogen) atoms. The summed E-state index contributed by atoms with van der Waals surface area (Å²) in [5.74, 6) is 0.530. The lowest BCUT2D eigenvalue weighted by Crippen LogP contribution is -2.47. The van der Waals surface area contributed by atoms with Crippen LogP contribution in [0.1, 0.15) is 24.3 Å². The van der Waals surface area contributed by atoms with Crippen molar-refractivity contribution in [2.75, 3.05) is 0 Å². The van der Waals surface area contributed by atoms with Gasteiger partial charge in [-0.15, -0.1) is 0 Å². The SMILES string of the molecule is O=CNC(=O)NC1CC(c2ccccc2)C1. The Morgan fingerprint density at radius 3 is 2.56 bits per heavy atom. The van der Waals surface area contributed by atoms with Crippen LogP contribution in [0.2, 0.25) is 0 Å². The number of nitrogens with one attached hydrogen (secondary N) is 2. The van der Waals surface area contributed by atoms with Gasteiger partial charge in [0.2, 0.25) is 6.41 Å². The second kappa shape index (κ2) is 4.79. The predicted molar refractivity (Wildman–Crippen MR) is 59.9 cm³/mol. The Hall–Kier alpha value is -1.84. The summed E-state index contributed by atoms with van der Waals surface area (Å²) in [7, 11) is 0. The third-order valence-electron chi connectivity index (χ3n) is 2.93. The monoisotopic (exact) mass is 218 g/mol. The van der Waals surface area contributed by atoms with Crippen LogP contribution in [-0.2, 0) is 4.79 Å². The topological polar surface area (TPSA) is 58.2 Å². The lowest BCUT2D eigenvalue weighted by atomic mass is 9.76. The maximum atomic E-state index is 11.0. The van der Waals surface area contributed by atoms with Crippen molar-refractivity contribution in [1.29, 1.82) is 0 Å². The molecule has 0 spiro atoms. The quantitative estimate of drug-likeness (QED) is 0.753. The fraction of sp³-hybridized carbons (Fsp3) is 0.333. The molecule has 1 aliphatic carbocycles. The van der Waals surface area contributed by atoms with E-state index in [4.69, 9.17) is 0 Å². The molecule has 0 unspecified atom stereocenters. The molecule has 0 bridgehead atoms. The van der Waals surface area contributed by atoms with Gasteiger partial charge in [-0.2, -0.15) is 0 Å². The molecule has 4 heteroatoms. The smallest absolute Gasteiger partial charge is 0.321 e. The van der Waals surface area contributed by atoms with E-state index in [1.165, 1.54) is 5.56 Å². The first-order valence-corrected chi connectivity index (χ1v) is 5.35. The molecule has 1 saturated carbocycles. The van der Waals surface area contributed by atoms with E-state index in [2.05, 4.69) is 22.8 Å².